The van der Waals surface area contributed by atoms with Crippen molar-refractivity contribution in [1.29, 1.82) is 0 Å². The molecule has 0 aliphatic heterocycles. The first-order valence-corrected chi connectivity index (χ1v) is 3.85. The molecule has 5 nitrogen and oxygen atoms in total. The molecule has 3 N–H and O–H groups in total. The van der Waals surface area contributed by atoms with Crippen molar-refractivity contribution in [2.75, 3.05) is 0 Å². The number of rotatable bonds is 2. The number of nitrogens with zero attached hydrogens (tertiary/aromatic N) is 1. The normalized spacial score (nSPS) is 15.4. The van der Waals surface area contributed by atoms with Crippen LogP contribution in [-0.4, -0.2) is 26.2 Å². The largest absolute Gasteiger partial charge is 0.479 e. The first-order chi connectivity index (χ1) is 5.85. The molecule has 0 fully saturated rings. The highest BCUT2D eigenvalue weighted by Crippen LogP contribution is 2.21. The van der Waals surface area contributed by atoms with Crippen LogP contribution >= 0.6 is 0 Å². The molecule has 72 valence electrons. The van der Waals surface area contributed by atoms with Gasteiger partial charge in [-0.25, -0.2) is 9.78 Å². The highest BCUT2D eigenvalue weighted by molar-refractivity contribution is 5.78. The predicted octanol–water partition coefficient (Wildman–Crippen LogP) is 0.319. The Balaban J connectivity index is 3.21. The fourth-order valence-corrected chi connectivity index (χ4v) is 1.19. The van der Waals surface area contributed by atoms with E-state index in [1.54, 1.807) is 13.8 Å². The molecule has 1 atom stereocenters. The van der Waals surface area contributed by atoms with Crippen LogP contribution in [-0.2, 0) is 10.4 Å². The van der Waals surface area contributed by atoms with Gasteiger partial charge in [-0.3, -0.25) is 0 Å². The quantitative estimate of drug-likeness (QED) is 0.617. The lowest BCUT2D eigenvalue weighted by Crippen LogP contribution is -2.33. The van der Waals surface area contributed by atoms with Gasteiger partial charge in [-0.15, -0.1) is 0 Å². The van der Waals surface area contributed by atoms with E-state index in [0.29, 0.717) is 11.5 Å². The Labute approximate surface area is 75.4 Å². The van der Waals surface area contributed by atoms with Gasteiger partial charge in [0.05, 0.1) is 0 Å². The summed E-state index contributed by atoms with van der Waals surface area (Å²) in [6.07, 6.45) is 0. The van der Waals surface area contributed by atoms with Gasteiger partial charge in [0.2, 0.25) is 5.60 Å². The van der Waals surface area contributed by atoms with E-state index < -0.39 is 11.6 Å². The van der Waals surface area contributed by atoms with Gasteiger partial charge in [-0.1, -0.05) is 0 Å². The molecule has 0 spiro atoms. The first-order valence-electron chi connectivity index (χ1n) is 3.85. The summed E-state index contributed by atoms with van der Waals surface area (Å²) in [7, 11) is 0. The number of H-pyrrole nitrogens is 1. The molecule has 0 aliphatic carbocycles. The zero-order chi connectivity index (χ0) is 10.2. The van der Waals surface area contributed by atoms with E-state index in [-0.39, 0.29) is 5.69 Å². The number of imidazole rings is 1. The number of aliphatic carboxylic acids is 1. The molecule has 0 aromatic carbocycles. The summed E-state index contributed by atoms with van der Waals surface area (Å²) in [6, 6.07) is 0. The van der Waals surface area contributed by atoms with Gasteiger partial charge < -0.3 is 15.2 Å². The molecule has 0 saturated carbocycles. The fourth-order valence-electron chi connectivity index (χ4n) is 1.19. The maximum atomic E-state index is 10.7. The minimum atomic E-state index is -1.92. The van der Waals surface area contributed by atoms with E-state index in [1.807, 2.05) is 0 Å². The molecule has 5 heteroatoms. The van der Waals surface area contributed by atoms with Gasteiger partial charge in [0, 0.05) is 5.69 Å². The Morgan fingerprint density at radius 1 is 1.54 bits per heavy atom. The van der Waals surface area contributed by atoms with Crippen molar-refractivity contribution in [2.45, 2.75) is 26.4 Å². The van der Waals surface area contributed by atoms with Crippen LogP contribution in [0.1, 0.15) is 24.1 Å². The monoisotopic (exact) mass is 184 g/mol. The van der Waals surface area contributed by atoms with Gasteiger partial charge >= 0.3 is 5.97 Å². The maximum absolute atomic E-state index is 10.7. The van der Waals surface area contributed by atoms with Crippen LogP contribution in [0.25, 0.3) is 0 Å². The molecule has 0 aliphatic rings. The van der Waals surface area contributed by atoms with E-state index in [4.69, 9.17) is 5.11 Å². The molecule has 1 heterocycles. The minimum absolute atomic E-state index is 0.164. The highest BCUT2D eigenvalue weighted by atomic mass is 16.4. The topological polar surface area (TPSA) is 86.2 Å². The molecule has 1 rings (SSSR count). The average Bonchev–Trinajstić information content (AvgIpc) is 2.30. The zero-order valence-electron chi connectivity index (χ0n) is 7.75. The number of hydrogen-bond acceptors (Lipinski definition) is 3. The highest BCUT2D eigenvalue weighted by Gasteiger charge is 2.36. The number of carbonyl (C=O) groups is 1. The number of aromatic amines is 1. The average molecular weight is 184 g/mol. The van der Waals surface area contributed by atoms with Crippen molar-refractivity contribution < 1.29 is 15.0 Å². The Hall–Kier alpha value is -1.36. The number of aryl methyl sites for hydroxylation is 2. The molecule has 0 bridgehead atoms. The Kier molecular flexibility index (Phi) is 2.13. The summed E-state index contributed by atoms with van der Waals surface area (Å²) in [5, 5.41) is 18.3. The second-order valence-electron chi connectivity index (χ2n) is 3.17. The summed E-state index contributed by atoms with van der Waals surface area (Å²) in [6.45, 7) is 4.58. The van der Waals surface area contributed by atoms with Crippen LogP contribution in [0.4, 0.5) is 0 Å². The van der Waals surface area contributed by atoms with E-state index in [1.165, 1.54) is 6.92 Å². The Bertz CT molecular complexity index is 341. The summed E-state index contributed by atoms with van der Waals surface area (Å²) in [5.41, 5.74) is -1.18. The van der Waals surface area contributed by atoms with Crippen LogP contribution in [0.5, 0.6) is 0 Å². The maximum Gasteiger partial charge on any atom is 0.341 e. The van der Waals surface area contributed by atoms with E-state index >= 15 is 0 Å². The van der Waals surface area contributed by atoms with Gasteiger partial charge in [0.15, 0.2) is 0 Å². The second kappa shape index (κ2) is 2.85. The van der Waals surface area contributed by atoms with E-state index in [0.717, 1.165) is 0 Å². The van der Waals surface area contributed by atoms with Crippen LogP contribution in [0.3, 0.4) is 0 Å². The minimum Gasteiger partial charge on any atom is -0.479 e. The Morgan fingerprint density at radius 3 is 2.38 bits per heavy atom. The number of carboxylic acids is 1. The predicted molar refractivity (Wildman–Crippen MR) is 45.3 cm³/mol. The standard InChI is InChI=1S/C8H12N2O3/c1-4-6(10-5(2)9-4)8(3,13)7(11)12/h13H,1-3H3,(H,9,10)(H,11,12). The molecule has 13 heavy (non-hydrogen) atoms. The number of carboxylic acid groups (broad SMARTS) is 1. The lowest BCUT2D eigenvalue weighted by atomic mass is 10.0. The van der Waals surface area contributed by atoms with Gasteiger partial charge in [-0.2, -0.15) is 0 Å². The third-order valence-electron chi connectivity index (χ3n) is 1.88. The second-order valence-corrected chi connectivity index (χ2v) is 3.17. The van der Waals surface area contributed by atoms with Crippen molar-refractivity contribution in [3.05, 3.63) is 17.2 Å². The van der Waals surface area contributed by atoms with Crippen molar-refractivity contribution in [1.82, 2.24) is 9.97 Å². The first kappa shape index (κ1) is 9.73. The molecular weight excluding hydrogens is 172 g/mol. The van der Waals surface area contributed by atoms with Gasteiger partial charge in [0.1, 0.15) is 11.5 Å². The van der Waals surface area contributed by atoms with Crippen LogP contribution in [0.2, 0.25) is 0 Å². The molecule has 0 saturated heterocycles. The molecule has 1 aromatic rings. The SMILES string of the molecule is Cc1nc(C(C)(O)C(=O)O)c(C)[nH]1. The summed E-state index contributed by atoms with van der Waals surface area (Å²) in [5.74, 6) is -0.712. The summed E-state index contributed by atoms with van der Waals surface area (Å²) in [4.78, 5) is 17.4. The third kappa shape index (κ3) is 1.55. The lowest BCUT2D eigenvalue weighted by molar-refractivity contribution is -0.158. The van der Waals surface area contributed by atoms with Gasteiger partial charge in [0.25, 0.3) is 0 Å². The number of hydrogen-bond donors (Lipinski definition) is 3. The molecule has 1 unspecified atom stereocenters. The van der Waals surface area contributed by atoms with E-state index in [9.17, 15) is 9.90 Å². The molecule has 0 radical (unpaired) electrons. The number of aliphatic hydroxyl groups is 1. The summed E-state index contributed by atoms with van der Waals surface area (Å²) < 4.78 is 0. The van der Waals surface area contributed by atoms with Crippen molar-refractivity contribution in [3.8, 4) is 0 Å². The fraction of sp³-hybridized carbons (Fsp3) is 0.500. The molecule has 0 amide bonds. The number of aromatic nitrogens is 2. The van der Waals surface area contributed by atoms with Crippen LogP contribution in [0, 0.1) is 13.8 Å². The smallest absolute Gasteiger partial charge is 0.341 e. The third-order valence-corrected chi connectivity index (χ3v) is 1.88. The van der Waals surface area contributed by atoms with Crippen molar-refractivity contribution >= 4 is 5.97 Å². The van der Waals surface area contributed by atoms with Crippen molar-refractivity contribution in [2.24, 2.45) is 0 Å². The number of nitrogens with one attached hydrogen (secondary N) is 1. The van der Waals surface area contributed by atoms with Crippen molar-refractivity contribution in [3.63, 3.8) is 0 Å². The van der Waals surface area contributed by atoms with Crippen LogP contribution < -0.4 is 0 Å². The molecule has 1 aromatic heterocycles. The van der Waals surface area contributed by atoms with Crippen LogP contribution in [0.15, 0.2) is 0 Å². The van der Waals surface area contributed by atoms with E-state index in [2.05, 4.69) is 9.97 Å². The lowest BCUT2D eigenvalue weighted by Gasteiger charge is -2.15. The zero-order valence-corrected chi connectivity index (χ0v) is 7.75. The van der Waals surface area contributed by atoms with Gasteiger partial charge in [-0.05, 0) is 20.8 Å². The molecular formula is C8H12N2O3. The Morgan fingerprint density at radius 2 is 2.08 bits per heavy atom. The summed E-state index contributed by atoms with van der Waals surface area (Å²) >= 11 is 0.